The fraction of sp³-hybridized carbons (Fsp3) is 0.400. The summed E-state index contributed by atoms with van der Waals surface area (Å²) < 4.78 is 5.45. The average molecular weight is 408 g/mol. The molecule has 1 saturated carbocycles. The molecule has 30 heavy (non-hydrogen) atoms. The molecule has 158 valence electrons. The van der Waals surface area contributed by atoms with Crippen molar-refractivity contribution in [3.8, 4) is 0 Å². The quantitative estimate of drug-likeness (QED) is 0.294. The van der Waals surface area contributed by atoms with Crippen molar-refractivity contribution in [1.29, 1.82) is 0 Å². The molecule has 0 radical (unpaired) electrons. The topological polar surface area (TPSA) is 65.0 Å². The zero-order chi connectivity index (χ0) is 20.8. The van der Waals surface area contributed by atoms with Gasteiger partial charge in [0.15, 0.2) is 0 Å². The summed E-state index contributed by atoms with van der Waals surface area (Å²) in [6.07, 6.45) is 5.38. The molecular formula is C25H28O5. The molecule has 0 aromatic heterocycles. The highest BCUT2D eigenvalue weighted by atomic mass is 17.2. The predicted octanol–water partition coefficient (Wildman–Crippen LogP) is 4.00. The third-order valence-electron chi connectivity index (χ3n) is 5.94. The van der Waals surface area contributed by atoms with Crippen molar-refractivity contribution in [2.75, 3.05) is 0 Å². The van der Waals surface area contributed by atoms with Crippen LogP contribution >= 0.6 is 0 Å². The van der Waals surface area contributed by atoms with Crippen LogP contribution in [0.2, 0.25) is 0 Å². The highest BCUT2D eigenvalue weighted by molar-refractivity contribution is 5.72. The number of hydrogen-bond donors (Lipinski definition) is 1. The summed E-state index contributed by atoms with van der Waals surface area (Å²) in [5.41, 5.74) is 2.24. The van der Waals surface area contributed by atoms with E-state index in [1.165, 1.54) is 5.56 Å². The largest absolute Gasteiger partial charge is 0.462 e. The molecule has 0 amide bonds. The smallest absolute Gasteiger partial charge is 0.306 e. The van der Waals surface area contributed by atoms with E-state index in [1.807, 2.05) is 60.7 Å². The molecule has 5 nitrogen and oxygen atoms in total. The molecule has 1 saturated heterocycles. The standard InChI is InChI=1S/C25H28O5/c26-20(12-11-18-7-3-1-4-8-18)13-14-21-22-15-25(27)29-23(22)16-24(21)30-28-17-19-9-5-2-6-10-19/h1-10,13-14,20-24,26H,11-12,15-17H2/b14-13+/t20-,21+,22+,23-,24+/m0/s1. The van der Waals surface area contributed by atoms with Crippen LogP contribution in [0.4, 0.5) is 0 Å². The zero-order valence-electron chi connectivity index (χ0n) is 16.9. The van der Waals surface area contributed by atoms with E-state index < -0.39 is 6.10 Å². The SMILES string of the molecule is O=C1C[C@@H]2[C@@H](/C=C/[C@@H](O)CCc3ccccc3)[C@H](OOCc3ccccc3)C[C@@H]2O1. The fourth-order valence-corrected chi connectivity index (χ4v) is 4.34. The van der Waals surface area contributed by atoms with Gasteiger partial charge in [-0.05, 0) is 24.0 Å². The minimum absolute atomic E-state index is 0.0244. The van der Waals surface area contributed by atoms with Gasteiger partial charge >= 0.3 is 5.97 Å². The Hall–Kier alpha value is -2.47. The maximum Gasteiger partial charge on any atom is 0.306 e. The van der Waals surface area contributed by atoms with Crippen LogP contribution in [0.3, 0.4) is 0 Å². The Kier molecular flexibility index (Phi) is 6.95. The van der Waals surface area contributed by atoms with Crippen LogP contribution in [-0.4, -0.2) is 29.4 Å². The second-order valence-corrected chi connectivity index (χ2v) is 8.07. The summed E-state index contributed by atoms with van der Waals surface area (Å²) in [6.45, 7) is 0.364. The van der Waals surface area contributed by atoms with Crippen molar-refractivity contribution in [3.05, 3.63) is 83.9 Å². The van der Waals surface area contributed by atoms with E-state index in [0.717, 1.165) is 12.0 Å². The summed E-state index contributed by atoms with van der Waals surface area (Å²) in [6, 6.07) is 20.0. The van der Waals surface area contributed by atoms with Gasteiger partial charge in [0.05, 0.1) is 12.5 Å². The van der Waals surface area contributed by atoms with Crippen molar-refractivity contribution in [3.63, 3.8) is 0 Å². The Bertz CT molecular complexity index is 835. The van der Waals surface area contributed by atoms with Crippen LogP contribution in [0.5, 0.6) is 0 Å². The Morgan fingerprint density at radius 1 is 1.07 bits per heavy atom. The maximum absolute atomic E-state index is 11.7. The van der Waals surface area contributed by atoms with Crippen molar-refractivity contribution in [2.45, 2.75) is 50.6 Å². The van der Waals surface area contributed by atoms with Crippen molar-refractivity contribution < 1.29 is 24.4 Å². The minimum Gasteiger partial charge on any atom is -0.462 e. The van der Waals surface area contributed by atoms with E-state index in [2.05, 4.69) is 12.1 Å². The lowest BCUT2D eigenvalue weighted by molar-refractivity contribution is -0.337. The van der Waals surface area contributed by atoms with E-state index in [4.69, 9.17) is 14.5 Å². The van der Waals surface area contributed by atoms with Crippen LogP contribution in [-0.2, 0) is 32.3 Å². The third-order valence-corrected chi connectivity index (χ3v) is 5.94. The Labute approximate surface area is 177 Å². The Morgan fingerprint density at radius 3 is 2.50 bits per heavy atom. The second-order valence-electron chi connectivity index (χ2n) is 8.07. The molecule has 4 rings (SSSR count). The van der Waals surface area contributed by atoms with E-state index in [9.17, 15) is 9.90 Å². The third kappa shape index (κ3) is 5.36. The van der Waals surface area contributed by atoms with E-state index in [1.54, 1.807) is 0 Å². The van der Waals surface area contributed by atoms with Gasteiger partial charge in [-0.2, -0.15) is 0 Å². The molecule has 2 fully saturated rings. The number of hydrogen-bond acceptors (Lipinski definition) is 5. The molecular weight excluding hydrogens is 380 g/mol. The molecule has 2 aromatic carbocycles. The number of esters is 1. The van der Waals surface area contributed by atoms with Crippen LogP contribution in [0.15, 0.2) is 72.8 Å². The first-order chi connectivity index (χ1) is 14.7. The van der Waals surface area contributed by atoms with Gasteiger partial charge in [-0.3, -0.25) is 4.79 Å². The van der Waals surface area contributed by atoms with E-state index >= 15 is 0 Å². The summed E-state index contributed by atoms with van der Waals surface area (Å²) in [5.74, 6) is -0.110. The molecule has 0 spiro atoms. The van der Waals surface area contributed by atoms with Gasteiger partial charge in [0.2, 0.25) is 0 Å². The molecule has 5 atom stereocenters. The summed E-state index contributed by atoms with van der Waals surface area (Å²) >= 11 is 0. The number of rotatable bonds is 9. The van der Waals surface area contributed by atoms with Crippen molar-refractivity contribution in [1.82, 2.24) is 0 Å². The molecule has 2 aromatic rings. The number of benzene rings is 2. The Balaban J connectivity index is 1.33. The van der Waals surface area contributed by atoms with Crippen LogP contribution in [0.25, 0.3) is 0 Å². The summed E-state index contributed by atoms with van der Waals surface area (Å²) in [4.78, 5) is 23.0. The van der Waals surface area contributed by atoms with Gasteiger partial charge in [-0.1, -0.05) is 72.8 Å². The molecule has 1 heterocycles. The van der Waals surface area contributed by atoms with Crippen LogP contribution in [0.1, 0.15) is 30.4 Å². The lowest BCUT2D eigenvalue weighted by atomic mass is 9.91. The molecule has 5 heteroatoms. The second kappa shape index (κ2) is 10.0. The van der Waals surface area contributed by atoms with Gasteiger partial charge in [0.1, 0.15) is 18.8 Å². The first kappa shape index (κ1) is 20.8. The molecule has 0 bridgehead atoms. The highest BCUT2D eigenvalue weighted by Gasteiger charge is 2.50. The number of fused-ring (bicyclic) bond motifs is 1. The minimum atomic E-state index is -0.548. The highest BCUT2D eigenvalue weighted by Crippen LogP contribution is 2.43. The lowest BCUT2D eigenvalue weighted by Crippen LogP contribution is -2.22. The number of aryl methyl sites for hydroxylation is 1. The van der Waals surface area contributed by atoms with Gasteiger partial charge < -0.3 is 9.84 Å². The van der Waals surface area contributed by atoms with Gasteiger partial charge in [-0.25, -0.2) is 9.78 Å². The van der Waals surface area contributed by atoms with Crippen molar-refractivity contribution in [2.24, 2.45) is 11.8 Å². The summed E-state index contributed by atoms with van der Waals surface area (Å²) in [7, 11) is 0. The zero-order valence-corrected chi connectivity index (χ0v) is 16.9. The molecule has 1 N–H and O–H groups in total. The first-order valence-electron chi connectivity index (χ1n) is 10.6. The monoisotopic (exact) mass is 408 g/mol. The number of carbonyl (C=O) groups is 1. The Morgan fingerprint density at radius 2 is 1.77 bits per heavy atom. The van der Waals surface area contributed by atoms with Crippen LogP contribution < -0.4 is 0 Å². The van der Waals surface area contributed by atoms with Gasteiger partial charge in [0.25, 0.3) is 0 Å². The van der Waals surface area contributed by atoms with Crippen LogP contribution in [0, 0.1) is 11.8 Å². The van der Waals surface area contributed by atoms with Gasteiger partial charge in [0, 0.05) is 18.3 Å². The molecule has 1 aliphatic carbocycles. The van der Waals surface area contributed by atoms with E-state index in [0.29, 0.717) is 25.9 Å². The number of aliphatic hydroxyl groups is 1. The van der Waals surface area contributed by atoms with E-state index in [-0.39, 0.29) is 30.0 Å². The predicted molar refractivity (Wildman–Crippen MR) is 112 cm³/mol. The molecule has 0 unspecified atom stereocenters. The van der Waals surface area contributed by atoms with Crippen molar-refractivity contribution >= 4 is 5.97 Å². The summed E-state index contributed by atoms with van der Waals surface area (Å²) in [5, 5.41) is 10.4. The molecule has 1 aliphatic heterocycles. The molecule has 2 aliphatic rings. The number of carbonyl (C=O) groups excluding carboxylic acids is 1. The number of ether oxygens (including phenoxy) is 1. The fourth-order valence-electron chi connectivity index (χ4n) is 4.34. The lowest BCUT2D eigenvalue weighted by Gasteiger charge is -2.19. The first-order valence-corrected chi connectivity index (χ1v) is 10.6. The van der Waals surface area contributed by atoms with Gasteiger partial charge in [-0.15, -0.1) is 0 Å². The average Bonchev–Trinajstić information content (AvgIpc) is 3.28. The number of aliphatic hydroxyl groups excluding tert-OH is 1. The maximum atomic E-state index is 11.7. The normalized spacial score (nSPS) is 26.6.